The Morgan fingerprint density at radius 3 is 1.85 bits per heavy atom. The van der Waals surface area contributed by atoms with Crippen LogP contribution in [0.1, 0.15) is 92.4 Å². The highest BCUT2D eigenvalue weighted by Crippen LogP contribution is 2.51. The molecule has 0 spiro atoms. The first kappa shape index (κ1) is 23.6. The number of aromatic amines is 2. The Morgan fingerprint density at radius 1 is 0.641 bits per heavy atom. The molecule has 7 heteroatoms. The zero-order valence-corrected chi connectivity index (χ0v) is 22.6. The standard InChI is InChI=1S/C32H37N7/c1-18-14-25-29-21(19-6-8-20(9-7-19)27-16-35-31(38-27)23-4-2-12-33-23)10-11-22(30(29)26(15-18)37-25)28-17-36-32(39-28)24-5-3-13-34-24/h6-11,16-18,23-26,33-34,37H,2-5,12-15H2,1H3,(H,35,38)(H,36,39). The lowest BCUT2D eigenvalue weighted by Crippen LogP contribution is -2.27. The number of piperidine rings is 1. The summed E-state index contributed by atoms with van der Waals surface area (Å²) in [5.74, 6) is 2.84. The van der Waals surface area contributed by atoms with E-state index in [1.165, 1.54) is 59.1 Å². The van der Waals surface area contributed by atoms with Crippen LogP contribution < -0.4 is 16.0 Å². The van der Waals surface area contributed by atoms with Crippen molar-refractivity contribution in [2.45, 2.75) is 69.6 Å². The van der Waals surface area contributed by atoms with Crippen molar-refractivity contribution < 1.29 is 0 Å². The number of H-pyrrole nitrogens is 2. The van der Waals surface area contributed by atoms with Crippen LogP contribution in [0.3, 0.4) is 0 Å². The summed E-state index contributed by atoms with van der Waals surface area (Å²) in [6, 6.07) is 15.2. The van der Waals surface area contributed by atoms with Crippen molar-refractivity contribution in [3.05, 3.63) is 71.6 Å². The van der Waals surface area contributed by atoms with E-state index in [0.717, 1.165) is 49.0 Å². The molecule has 4 aromatic rings. The summed E-state index contributed by atoms with van der Waals surface area (Å²) in [6.07, 6.45) is 11.1. The predicted molar refractivity (Wildman–Crippen MR) is 154 cm³/mol. The third kappa shape index (κ3) is 4.06. The number of imidazole rings is 2. The molecule has 3 saturated heterocycles. The molecule has 39 heavy (non-hydrogen) atoms. The molecule has 4 aliphatic heterocycles. The summed E-state index contributed by atoms with van der Waals surface area (Å²) < 4.78 is 0. The molecule has 0 radical (unpaired) electrons. The van der Waals surface area contributed by atoms with E-state index in [1.807, 2.05) is 12.4 Å². The molecule has 3 fully saturated rings. The maximum Gasteiger partial charge on any atom is 0.123 e. The predicted octanol–water partition coefficient (Wildman–Crippen LogP) is 6.10. The first-order valence-electron chi connectivity index (χ1n) is 14.8. The lowest BCUT2D eigenvalue weighted by molar-refractivity contribution is 0.291. The molecule has 5 atom stereocenters. The Labute approximate surface area is 229 Å². The molecule has 0 saturated carbocycles. The van der Waals surface area contributed by atoms with Gasteiger partial charge in [-0.15, -0.1) is 0 Å². The van der Waals surface area contributed by atoms with Crippen molar-refractivity contribution in [2.75, 3.05) is 13.1 Å². The van der Waals surface area contributed by atoms with Gasteiger partial charge in [-0.25, -0.2) is 9.97 Å². The van der Waals surface area contributed by atoms with Crippen LogP contribution in [0.15, 0.2) is 48.8 Å². The maximum absolute atomic E-state index is 4.80. The van der Waals surface area contributed by atoms with Gasteiger partial charge in [0.1, 0.15) is 11.6 Å². The average molecular weight is 520 g/mol. The van der Waals surface area contributed by atoms with Gasteiger partial charge in [0, 0.05) is 17.6 Å². The fraction of sp³-hybridized carbons (Fsp3) is 0.438. The molecule has 5 N–H and O–H groups in total. The smallest absolute Gasteiger partial charge is 0.123 e. The summed E-state index contributed by atoms with van der Waals surface area (Å²) >= 11 is 0. The van der Waals surface area contributed by atoms with E-state index in [2.05, 4.69) is 74.2 Å². The molecular formula is C32H37N7. The van der Waals surface area contributed by atoms with Crippen LogP contribution in [-0.4, -0.2) is 33.0 Å². The monoisotopic (exact) mass is 519 g/mol. The normalized spacial score (nSPS) is 27.8. The summed E-state index contributed by atoms with van der Waals surface area (Å²) in [6.45, 7) is 4.56. The van der Waals surface area contributed by atoms with Gasteiger partial charge in [-0.1, -0.05) is 43.3 Å². The number of hydrogen-bond acceptors (Lipinski definition) is 5. The van der Waals surface area contributed by atoms with Crippen molar-refractivity contribution in [3.8, 4) is 33.6 Å². The summed E-state index contributed by atoms with van der Waals surface area (Å²) in [7, 11) is 0. The highest BCUT2D eigenvalue weighted by atomic mass is 15.1. The summed E-state index contributed by atoms with van der Waals surface area (Å²) in [5.41, 5.74) is 10.3. The van der Waals surface area contributed by atoms with Gasteiger partial charge in [-0.3, -0.25) is 0 Å². The van der Waals surface area contributed by atoms with Crippen molar-refractivity contribution in [1.82, 2.24) is 35.9 Å². The number of benzene rings is 2. The summed E-state index contributed by atoms with van der Waals surface area (Å²) in [5, 5.41) is 11.1. The Hall–Kier alpha value is -3.26. The minimum atomic E-state index is 0.349. The molecule has 4 aliphatic rings. The van der Waals surface area contributed by atoms with Crippen LogP contribution in [-0.2, 0) is 0 Å². The number of hydrogen-bond donors (Lipinski definition) is 5. The Kier molecular flexibility index (Phi) is 5.71. The first-order chi connectivity index (χ1) is 19.2. The number of rotatable bonds is 5. The van der Waals surface area contributed by atoms with Crippen LogP contribution >= 0.6 is 0 Å². The van der Waals surface area contributed by atoms with Crippen molar-refractivity contribution in [1.29, 1.82) is 0 Å². The molecule has 0 aliphatic carbocycles. The highest BCUT2D eigenvalue weighted by Gasteiger charge is 2.40. The second kappa shape index (κ2) is 9.44. The number of nitrogens with one attached hydrogen (secondary N) is 5. The third-order valence-corrected chi connectivity index (χ3v) is 9.43. The van der Waals surface area contributed by atoms with Crippen LogP contribution in [0.4, 0.5) is 0 Å². The van der Waals surface area contributed by atoms with Gasteiger partial charge in [-0.2, -0.15) is 0 Å². The van der Waals surface area contributed by atoms with Crippen molar-refractivity contribution >= 4 is 0 Å². The van der Waals surface area contributed by atoms with Crippen LogP contribution in [0.5, 0.6) is 0 Å². The average Bonchev–Trinajstić information content (AvgIpc) is 3.78. The Balaban J connectivity index is 1.15. The van der Waals surface area contributed by atoms with Gasteiger partial charge in [0.2, 0.25) is 0 Å². The largest absolute Gasteiger partial charge is 0.341 e. The first-order valence-corrected chi connectivity index (χ1v) is 14.8. The number of nitrogens with zero attached hydrogens (tertiary/aromatic N) is 2. The van der Waals surface area contributed by atoms with Crippen molar-refractivity contribution in [3.63, 3.8) is 0 Å². The van der Waals surface area contributed by atoms with Crippen LogP contribution in [0.25, 0.3) is 33.6 Å². The highest BCUT2D eigenvalue weighted by molar-refractivity contribution is 5.79. The van der Waals surface area contributed by atoms with Gasteiger partial charge >= 0.3 is 0 Å². The lowest BCUT2D eigenvalue weighted by atomic mass is 9.88. The maximum atomic E-state index is 4.80. The zero-order valence-electron chi connectivity index (χ0n) is 22.6. The lowest BCUT2D eigenvalue weighted by Gasteiger charge is -2.27. The van der Waals surface area contributed by atoms with E-state index < -0.39 is 0 Å². The SMILES string of the molecule is CC1CC2NC(C1)c1c(-c3cnc(C4CCCN4)[nH]3)ccc(-c3ccc(-c4cnc(C5CCCN5)[nH]4)cc3)c12. The minimum Gasteiger partial charge on any atom is -0.341 e. The van der Waals surface area contributed by atoms with Crippen LogP contribution in [0.2, 0.25) is 0 Å². The molecule has 8 rings (SSSR count). The molecule has 2 bridgehead atoms. The Bertz CT molecular complexity index is 1490. The zero-order chi connectivity index (χ0) is 25.9. The molecule has 0 amide bonds. The fourth-order valence-corrected chi connectivity index (χ4v) is 7.53. The van der Waals surface area contributed by atoms with Gasteiger partial charge in [0.25, 0.3) is 0 Å². The van der Waals surface area contributed by atoms with Gasteiger partial charge in [0.15, 0.2) is 0 Å². The van der Waals surface area contributed by atoms with E-state index in [0.29, 0.717) is 30.1 Å². The molecule has 6 heterocycles. The third-order valence-electron chi connectivity index (χ3n) is 9.43. The fourth-order valence-electron chi connectivity index (χ4n) is 7.53. The van der Waals surface area contributed by atoms with E-state index in [4.69, 9.17) is 4.98 Å². The topological polar surface area (TPSA) is 93.4 Å². The minimum absolute atomic E-state index is 0.349. The van der Waals surface area contributed by atoms with Gasteiger partial charge in [-0.05, 0) is 85.3 Å². The van der Waals surface area contributed by atoms with E-state index in [9.17, 15) is 0 Å². The molecule has 2 aromatic carbocycles. The van der Waals surface area contributed by atoms with E-state index in [-0.39, 0.29) is 0 Å². The molecular weight excluding hydrogens is 482 g/mol. The summed E-state index contributed by atoms with van der Waals surface area (Å²) in [4.78, 5) is 16.7. The van der Waals surface area contributed by atoms with E-state index in [1.54, 1.807) is 0 Å². The molecule has 200 valence electrons. The van der Waals surface area contributed by atoms with Crippen LogP contribution in [0, 0.1) is 5.92 Å². The second-order valence-corrected chi connectivity index (χ2v) is 12.1. The van der Waals surface area contributed by atoms with Crippen molar-refractivity contribution in [2.24, 2.45) is 5.92 Å². The van der Waals surface area contributed by atoms with E-state index >= 15 is 0 Å². The molecule has 7 nitrogen and oxygen atoms in total. The number of aromatic nitrogens is 4. The second-order valence-electron chi connectivity index (χ2n) is 12.1. The van der Waals surface area contributed by atoms with Gasteiger partial charge in [0.05, 0.1) is 35.9 Å². The quantitative estimate of drug-likeness (QED) is 0.220. The Morgan fingerprint density at radius 2 is 1.21 bits per heavy atom. The molecule has 2 aromatic heterocycles. The van der Waals surface area contributed by atoms with Gasteiger partial charge < -0.3 is 25.9 Å². The molecule has 5 unspecified atom stereocenters. The number of fused-ring (bicyclic) bond motifs is 5.